The van der Waals surface area contributed by atoms with E-state index in [0.29, 0.717) is 0 Å². The first-order valence-corrected chi connectivity index (χ1v) is 2.56. The topological polar surface area (TPSA) is 17.8 Å². The molecule has 0 bridgehead atoms. The van der Waals surface area contributed by atoms with E-state index in [2.05, 4.69) is 4.98 Å². The monoisotopic (exact) mass is 166 g/mol. The minimum Gasteiger partial charge on any atom is -0.261 e. The van der Waals surface area contributed by atoms with Crippen LogP contribution in [0.3, 0.4) is 0 Å². The predicted octanol–water partition coefficient (Wildman–Crippen LogP) is 1.82. The van der Waals surface area contributed by atoms with Gasteiger partial charge in [0.2, 0.25) is 0 Å². The Morgan fingerprint density at radius 2 is 1.91 bits per heavy atom. The molecule has 11 heavy (non-hydrogen) atoms. The number of halogens is 4. The summed E-state index contributed by atoms with van der Waals surface area (Å²) < 4.78 is 47.0. The van der Waals surface area contributed by atoms with E-state index in [1.54, 1.807) is 12.5 Å². The molecule has 0 unspecified atom stereocenters. The van der Waals surface area contributed by atoms with Gasteiger partial charge in [0, 0.05) is 0 Å². The molecule has 60 valence electrons. The van der Waals surface area contributed by atoms with Gasteiger partial charge in [-0.05, 0) is 0 Å². The molecular formula is C5H2F4N2. The molecule has 0 aromatic carbocycles. The maximum Gasteiger partial charge on any atom is 0.320 e. The largest absolute Gasteiger partial charge is 0.320 e. The number of rotatable bonds is 2. The number of imidazole rings is 1. The summed E-state index contributed by atoms with van der Waals surface area (Å²) in [7, 11) is 0. The average molecular weight is 166 g/mol. The predicted molar refractivity (Wildman–Crippen MR) is 26.1 cm³/mol. The SMILES string of the molecule is FC(F)c1[c]n[c]n1C(F)F. The average Bonchev–Trinajstić information content (AvgIpc) is 2.32. The van der Waals surface area contributed by atoms with Gasteiger partial charge in [0.25, 0.3) is 6.43 Å². The van der Waals surface area contributed by atoms with Crippen molar-refractivity contribution in [3.05, 3.63) is 18.2 Å². The summed E-state index contributed by atoms with van der Waals surface area (Å²) in [5.41, 5.74) is -0.944. The third-order valence-corrected chi connectivity index (χ3v) is 0.990. The van der Waals surface area contributed by atoms with Crippen LogP contribution in [0.5, 0.6) is 0 Å². The maximum absolute atomic E-state index is 11.8. The minimum atomic E-state index is -3.04. The Kier molecular flexibility index (Phi) is 2.11. The van der Waals surface area contributed by atoms with Gasteiger partial charge in [0.15, 0.2) is 6.33 Å². The van der Waals surface area contributed by atoms with Gasteiger partial charge in [-0.1, -0.05) is 0 Å². The van der Waals surface area contributed by atoms with Crippen LogP contribution in [0.1, 0.15) is 18.7 Å². The molecule has 0 fully saturated rings. The lowest BCUT2D eigenvalue weighted by Gasteiger charge is -2.02. The molecule has 1 aromatic rings. The Bertz CT molecular complexity index is 210. The summed E-state index contributed by atoms with van der Waals surface area (Å²) >= 11 is 0. The van der Waals surface area contributed by atoms with Crippen LogP contribution in [0, 0.1) is 12.5 Å². The van der Waals surface area contributed by atoms with Gasteiger partial charge in [-0.15, -0.1) is 0 Å². The Morgan fingerprint density at radius 3 is 2.27 bits per heavy atom. The summed E-state index contributed by atoms with van der Waals surface area (Å²) in [6, 6.07) is 0. The first-order valence-electron chi connectivity index (χ1n) is 2.56. The first-order chi connectivity index (χ1) is 5.13. The Hall–Kier alpha value is -1.07. The second-order valence-corrected chi connectivity index (χ2v) is 1.66. The molecule has 0 amide bonds. The standard InChI is InChI=1S/C5H2F4N2/c6-4(7)3-1-10-2-11(3)5(8)9/h4-5H. The molecule has 0 aliphatic rings. The maximum atomic E-state index is 11.8. The molecule has 0 saturated heterocycles. The number of nitrogens with zero attached hydrogens (tertiary/aromatic N) is 2. The fourth-order valence-corrected chi connectivity index (χ4v) is 0.547. The summed E-state index contributed by atoms with van der Waals surface area (Å²) in [4.78, 5) is 2.92. The fraction of sp³-hybridized carbons (Fsp3) is 0.400. The summed E-state index contributed by atoms with van der Waals surface area (Å²) in [5, 5.41) is 0. The number of aromatic nitrogens is 2. The van der Waals surface area contributed by atoms with Crippen LogP contribution in [-0.4, -0.2) is 9.55 Å². The van der Waals surface area contributed by atoms with E-state index in [-0.39, 0.29) is 4.57 Å². The van der Waals surface area contributed by atoms with Gasteiger partial charge in [-0.2, -0.15) is 8.78 Å². The Labute approximate surface area is 59.5 Å². The van der Waals surface area contributed by atoms with E-state index < -0.39 is 18.7 Å². The van der Waals surface area contributed by atoms with Crippen LogP contribution in [0.25, 0.3) is 0 Å². The van der Waals surface area contributed by atoms with Crippen molar-refractivity contribution in [2.75, 3.05) is 0 Å². The molecule has 0 N–H and O–H groups in total. The van der Waals surface area contributed by atoms with Gasteiger partial charge >= 0.3 is 6.55 Å². The second kappa shape index (κ2) is 2.89. The van der Waals surface area contributed by atoms with Crippen LogP contribution in [0.15, 0.2) is 0 Å². The number of alkyl halides is 4. The molecule has 6 heteroatoms. The molecule has 1 aromatic heterocycles. The van der Waals surface area contributed by atoms with E-state index in [1.165, 1.54) is 0 Å². The van der Waals surface area contributed by atoms with Crippen molar-refractivity contribution in [1.29, 1.82) is 0 Å². The molecule has 2 nitrogen and oxygen atoms in total. The lowest BCUT2D eigenvalue weighted by atomic mass is 10.5. The highest BCUT2D eigenvalue weighted by Gasteiger charge is 2.18. The summed E-state index contributed by atoms with van der Waals surface area (Å²) in [6.45, 7) is -3.04. The van der Waals surface area contributed by atoms with Crippen LogP contribution in [-0.2, 0) is 0 Å². The van der Waals surface area contributed by atoms with E-state index in [4.69, 9.17) is 0 Å². The highest BCUT2D eigenvalue weighted by molar-refractivity contribution is 4.97. The third-order valence-electron chi connectivity index (χ3n) is 0.990. The molecule has 0 aliphatic heterocycles. The van der Waals surface area contributed by atoms with E-state index in [1.807, 2.05) is 0 Å². The van der Waals surface area contributed by atoms with Gasteiger partial charge in [-0.25, -0.2) is 13.8 Å². The Morgan fingerprint density at radius 1 is 1.27 bits per heavy atom. The van der Waals surface area contributed by atoms with Crippen molar-refractivity contribution in [3.63, 3.8) is 0 Å². The molecule has 0 spiro atoms. The zero-order valence-electron chi connectivity index (χ0n) is 5.06. The fourth-order valence-electron chi connectivity index (χ4n) is 0.547. The molecule has 0 saturated carbocycles. The zero-order chi connectivity index (χ0) is 8.43. The molecule has 1 heterocycles. The highest BCUT2D eigenvalue weighted by Crippen LogP contribution is 2.21. The van der Waals surface area contributed by atoms with Crippen molar-refractivity contribution in [3.8, 4) is 0 Å². The van der Waals surface area contributed by atoms with E-state index in [9.17, 15) is 17.6 Å². The Balaban J connectivity index is 2.96. The van der Waals surface area contributed by atoms with E-state index >= 15 is 0 Å². The first kappa shape index (κ1) is 8.03. The van der Waals surface area contributed by atoms with Gasteiger partial charge < -0.3 is 0 Å². The van der Waals surface area contributed by atoms with E-state index in [0.717, 1.165) is 0 Å². The van der Waals surface area contributed by atoms with Crippen LogP contribution >= 0.6 is 0 Å². The van der Waals surface area contributed by atoms with Crippen LogP contribution in [0.2, 0.25) is 0 Å². The zero-order valence-corrected chi connectivity index (χ0v) is 5.06. The third kappa shape index (κ3) is 1.50. The molecule has 0 atom stereocenters. The van der Waals surface area contributed by atoms with Gasteiger partial charge in [-0.3, -0.25) is 4.57 Å². The molecular weight excluding hydrogens is 164 g/mol. The van der Waals surface area contributed by atoms with Crippen LogP contribution < -0.4 is 0 Å². The molecule has 2 radical (unpaired) electrons. The van der Waals surface area contributed by atoms with Gasteiger partial charge in [0.05, 0.1) is 0 Å². The second-order valence-electron chi connectivity index (χ2n) is 1.66. The normalized spacial score (nSPS) is 11.5. The summed E-state index contributed by atoms with van der Waals surface area (Å²) in [6.07, 6.45) is 0.384. The molecule has 1 rings (SSSR count). The van der Waals surface area contributed by atoms with Crippen molar-refractivity contribution in [1.82, 2.24) is 9.55 Å². The number of hydrogen-bond acceptors (Lipinski definition) is 1. The smallest absolute Gasteiger partial charge is 0.261 e. The quantitative estimate of drug-likeness (QED) is 0.612. The molecule has 0 aliphatic carbocycles. The van der Waals surface area contributed by atoms with Crippen molar-refractivity contribution < 1.29 is 17.6 Å². The van der Waals surface area contributed by atoms with Crippen molar-refractivity contribution >= 4 is 0 Å². The minimum absolute atomic E-state index is 0.0509. The summed E-state index contributed by atoms with van der Waals surface area (Å²) in [5.74, 6) is 0. The van der Waals surface area contributed by atoms with Gasteiger partial charge in [0.1, 0.15) is 11.9 Å². The van der Waals surface area contributed by atoms with Crippen molar-refractivity contribution in [2.45, 2.75) is 13.0 Å². The highest BCUT2D eigenvalue weighted by atomic mass is 19.3. The lowest BCUT2D eigenvalue weighted by molar-refractivity contribution is 0.0492. The van der Waals surface area contributed by atoms with Crippen LogP contribution in [0.4, 0.5) is 17.6 Å². The number of hydrogen-bond donors (Lipinski definition) is 0. The lowest BCUT2D eigenvalue weighted by Crippen LogP contribution is -2.02. The van der Waals surface area contributed by atoms with Crippen molar-refractivity contribution in [2.24, 2.45) is 0 Å².